The van der Waals surface area contributed by atoms with Gasteiger partial charge in [0.1, 0.15) is 0 Å². The molecule has 0 saturated heterocycles. The molecule has 0 unspecified atom stereocenters. The summed E-state index contributed by atoms with van der Waals surface area (Å²) in [5, 5.41) is 0. The van der Waals surface area contributed by atoms with Crippen molar-refractivity contribution in [3.63, 3.8) is 0 Å². The second-order valence-corrected chi connectivity index (χ2v) is 2.25. The van der Waals surface area contributed by atoms with Crippen LogP contribution in [0.25, 0.3) is 0 Å². The lowest BCUT2D eigenvalue weighted by molar-refractivity contribution is 0.937. The van der Waals surface area contributed by atoms with Gasteiger partial charge >= 0.3 is 10.6 Å². The molecule has 1 aromatic heterocycles. The van der Waals surface area contributed by atoms with Gasteiger partial charge in [0.05, 0.1) is 0 Å². The number of nitrogens with zero attached hydrogens (tertiary/aromatic N) is 1. The highest BCUT2D eigenvalue weighted by Crippen LogP contribution is 1.71. The number of H-pyrrole nitrogens is 1. The first kappa shape index (κ1) is 6.09. The van der Waals surface area contributed by atoms with E-state index in [-0.39, 0.29) is 4.87 Å². The highest BCUT2D eigenvalue weighted by molar-refractivity contribution is 7.03. The Labute approximate surface area is 54.1 Å². The summed E-state index contributed by atoms with van der Waals surface area (Å²) in [7, 11) is 1.56. The van der Waals surface area contributed by atoms with Gasteiger partial charge in [0, 0.05) is 18.6 Å². The SMILES string of the molecule is CNn1sc(=O)[nH]c1=O. The number of hydrogen-bond acceptors (Lipinski definition) is 4. The Bertz CT molecular complexity index is 294. The summed E-state index contributed by atoms with van der Waals surface area (Å²) in [6.45, 7) is 0. The van der Waals surface area contributed by atoms with Crippen molar-refractivity contribution in [3.05, 3.63) is 20.2 Å². The van der Waals surface area contributed by atoms with E-state index >= 15 is 0 Å². The zero-order chi connectivity index (χ0) is 6.85. The van der Waals surface area contributed by atoms with Gasteiger partial charge in [-0.2, -0.15) is 4.07 Å². The molecule has 1 heterocycles. The predicted molar refractivity (Wildman–Crippen MR) is 34.5 cm³/mol. The summed E-state index contributed by atoms with van der Waals surface area (Å²) in [6, 6.07) is 0. The summed E-state index contributed by atoms with van der Waals surface area (Å²) in [5.41, 5.74) is 2.08. The van der Waals surface area contributed by atoms with E-state index in [4.69, 9.17) is 0 Å². The summed E-state index contributed by atoms with van der Waals surface area (Å²) in [4.78, 5) is 22.6. The lowest BCUT2D eigenvalue weighted by Crippen LogP contribution is -2.21. The highest BCUT2D eigenvalue weighted by atomic mass is 32.1. The maximum atomic E-state index is 10.5. The van der Waals surface area contributed by atoms with Crippen molar-refractivity contribution in [1.82, 2.24) is 9.05 Å². The van der Waals surface area contributed by atoms with Gasteiger partial charge in [-0.25, -0.2) is 4.79 Å². The highest BCUT2D eigenvalue weighted by Gasteiger charge is 1.94. The van der Waals surface area contributed by atoms with Gasteiger partial charge in [-0.1, -0.05) is 0 Å². The fourth-order valence-corrected chi connectivity index (χ4v) is 0.951. The first-order valence-electron chi connectivity index (χ1n) is 2.24. The third-order valence-electron chi connectivity index (χ3n) is 0.771. The number of rotatable bonds is 1. The van der Waals surface area contributed by atoms with E-state index < -0.39 is 5.69 Å². The van der Waals surface area contributed by atoms with E-state index in [9.17, 15) is 9.59 Å². The average Bonchev–Trinajstić information content (AvgIpc) is 2.10. The van der Waals surface area contributed by atoms with Gasteiger partial charge in [0.25, 0.3) is 0 Å². The molecule has 0 atom stereocenters. The summed E-state index contributed by atoms with van der Waals surface area (Å²) < 4.78 is 1.11. The van der Waals surface area contributed by atoms with Crippen molar-refractivity contribution in [2.75, 3.05) is 12.5 Å². The molecule has 0 spiro atoms. The van der Waals surface area contributed by atoms with Crippen molar-refractivity contribution in [2.45, 2.75) is 0 Å². The molecule has 1 aromatic rings. The van der Waals surface area contributed by atoms with Crippen LogP contribution in [0, 0.1) is 0 Å². The monoisotopic (exact) mass is 147 g/mol. The van der Waals surface area contributed by atoms with Crippen LogP contribution < -0.4 is 16.0 Å². The Kier molecular flexibility index (Phi) is 1.39. The van der Waals surface area contributed by atoms with Gasteiger partial charge < -0.3 is 5.43 Å². The van der Waals surface area contributed by atoms with E-state index in [1.54, 1.807) is 7.05 Å². The summed E-state index contributed by atoms with van der Waals surface area (Å²) in [5.74, 6) is 0. The molecule has 9 heavy (non-hydrogen) atoms. The molecular formula is C3H5N3O2S. The third kappa shape index (κ3) is 1.02. The maximum absolute atomic E-state index is 10.5. The molecule has 0 fully saturated rings. The Morgan fingerprint density at radius 3 is 2.56 bits per heavy atom. The fourth-order valence-electron chi connectivity index (χ4n) is 0.432. The van der Waals surface area contributed by atoms with Crippen LogP contribution in [0.1, 0.15) is 0 Å². The van der Waals surface area contributed by atoms with Crippen LogP contribution in [0.4, 0.5) is 0 Å². The largest absolute Gasteiger partial charge is 0.357 e. The van der Waals surface area contributed by atoms with Crippen molar-refractivity contribution in [1.29, 1.82) is 0 Å². The Morgan fingerprint density at radius 1 is 1.67 bits per heavy atom. The molecule has 0 aliphatic rings. The molecule has 6 heteroatoms. The van der Waals surface area contributed by atoms with Crippen molar-refractivity contribution < 1.29 is 0 Å². The molecule has 0 amide bonds. The van der Waals surface area contributed by atoms with Gasteiger partial charge in [0.15, 0.2) is 0 Å². The molecule has 0 aromatic carbocycles. The topological polar surface area (TPSA) is 66.9 Å². The second kappa shape index (κ2) is 2.06. The molecule has 5 nitrogen and oxygen atoms in total. The maximum Gasteiger partial charge on any atom is 0.357 e. The van der Waals surface area contributed by atoms with E-state index in [0.29, 0.717) is 0 Å². The molecule has 2 N–H and O–H groups in total. The number of aromatic nitrogens is 2. The first-order valence-corrected chi connectivity index (χ1v) is 3.02. The minimum atomic E-state index is -0.424. The Morgan fingerprint density at radius 2 is 2.33 bits per heavy atom. The van der Waals surface area contributed by atoms with Gasteiger partial charge in [-0.05, 0) is 0 Å². The van der Waals surface area contributed by atoms with Crippen molar-refractivity contribution in [3.8, 4) is 0 Å². The molecule has 0 bridgehead atoms. The predicted octanol–water partition coefficient (Wildman–Crippen LogP) is -1.23. The zero-order valence-electron chi connectivity index (χ0n) is 4.67. The standard InChI is InChI=1S/C3H5N3O2S/c1-4-6-2(7)5-3(8)9-6/h4H,1H3,(H,5,7,8). The smallest absolute Gasteiger partial charge is 0.315 e. The lowest BCUT2D eigenvalue weighted by atomic mass is 11.2. The number of aromatic amines is 1. The third-order valence-corrected chi connectivity index (χ3v) is 1.57. The fraction of sp³-hybridized carbons (Fsp3) is 0.333. The normalized spacial score (nSPS) is 9.44. The molecule has 1 rings (SSSR count). The molecule has 0 saturated carbocycles. The van der Waals surface area contributed by atoms with Crippen LogP contribution in [0.5, 0.6) is 0 Å². The molecule has 0 aliphatic carbocycles. The molecular weight excluding hydrogens is 142 g/mol. The summed E-state index contributed by atoms with van der Waals surface area (Å²) >= 11 is 0.796. The van der Waals surface area contributed by atoms with Crippen molar-refractivity contribution in [2.24, 2.45) is 0 Å². The van der Waals surface area contributed by atoms with Gasteiger partial charge in [-0.15, -0.1) is 0 Å². The van der Waals surface area contributed by atoms with Crippen molar-refractivity contribution >= 4 is 11.5 Å². The number of hydrogen-bond donors (Lipinski definition) is 2. The quantitative estimate of drug-likeness (QED) is 0.522. The van der Waals surface area contributed by atoms with Gasteiger partial charge in [-0.3, -0.25) is 9.78 Å². The Balaban J connectivity index is 3.33. The van der Waals surface area contributed by atoms with E-state index in [1.807, 2.05) is 0 Å². The summed E-state index contributed by atoms with van der Waals surface area (Å²) in [6.07, 6.45) is 0. The molecule has 0 radical (unpaired) electrons. The van der Waals surface area contributed by atoms with Crippen LogP contribution in [0.2, 0.25) is 0 Å². The lowest BCUT2D eigenvalue weighted by Gasteiger charge is -1.89. The van der Waals surface area contributed by atoms with Crippen LogP contribution in [-0.4, -0.2) is 16.1 Å². The average molecular weight is 147 g/mol. The van der Waals surface area contributed by atoms with Crippen LogP contribution in [-0.2, 0) is 0 Å². The second-order valence-electron chi connectivity index (χ2n) is 1.33. The van der Waals surface area contributed by atoms with E-state index in [0.717, 1.165) is 15.6 Å². The Hall–Kier alpha value is -1.04. The minimum Gasteiger partial charge on any atom is -0.315 e. The number of nitrogens with one attached hydrogen (secondary N) is 2. The first-order chi connectivity index (χ1) is 4.24. The van der Waals surface area contributed by atoms with Crippen LogP contribution in [0.3, 0.4) is 0 Å². The van der Waals surface area contributed by atoms with E-state index in [1.165, 1.54) is 0 Å². The zero-order valence-corrected chi connectivity index (χ0v) is 5.49. The van der Waals surface area contributed by atoms with E-state index in [2.05, 4.69) is 10.4 Å². The molecule has 0 aliphatic heterocycles. The van der Waals surface area contributed by atoms with Crippen LogP contribution >= 0.6 is 11.5 Å². The van der Waals surface area contributed by atoms with Crippen LogP contribution in [0.15, 0.2) is 9.59 Å². The van der Waals surface area contributed by atoms with Gasteiger partial charge in [0.2, 0.25) is 0 Å². The minimum absolute atomic E-state index is 0.352. The molecule has 50 valence electrons.